The Bertz CT molecular complexity index is 446. The molecule has 3 nitrogen and oxygen atoms in total. The number of imidazole rings is 1. The summed E-state index contributed by atoms with van der Waals surface area (Å²) in [5.74, 6) is 0.894. The van der Waals surface area contributed by atoms with E-state index in [1.165, 1.54) is 5.69 Å². The van der Waals surface area contributed by atoms with Crippen molar-refractivity contribution in [2.45, 2.75) is 19.8 Å². The SMILES string of the molecule is CCCc1cnc(-c2cccc(N)c2)[nH]1. The number of hydrogen-bond donors (Lipinski definition) is 2. The largest absolute Gasteiger partial charge is 0.399 e. The highest BCUT2D eigenvalue weighted by Crippen LogP contribution is 2.18. The average molecular weight is 201 g/mol. The molecular formula is C12H15N3. The van der Waals surface area contributed by atoms with Crippen LogP contribution in [0.1, 0.15) is 19.0 Å². The van der Waals surface area contributed by atoms with Crippen LogP contribution in [0.2, 0.25) is 0 Å². The van der Waals surface area contributed by atoms with Gasteiger partial charge in [0, 0.05) is 23.1 Å². The molecule has 0 atom stereocenters. The van der Waals surface area contributed by atoms with E-state index in [1.807, 2.05) is 30.5 Å². The van der Waals surface area contributed by atoms with Crippen LogP contribution in [-0.2, 0) is 6.42 Å². The highest BCUT2D eigenvalue weighted by molar-refractivity contribution is 5.61. The summed E-state index contributed by atoms with van der Waals surface area (Å²) in [5, 5.41) is 0. The van der Waals surface area contributed by atoms with Crippen LogP contribution >= 0.6 is 0 Å². The Labute approximate surface area is 89.4 Å². The number of hydrogen-bond acceptors (Lipinski definition) is 2. The summed E-state index contributed by atoms with van der Waals surface area (Å²) in [4.78, 5) is 7.63. The molecule has 0 radical (unpaired) electrons. The number of rotatable bonds is 3. The van der Waals surface area contributed by atoms with Gasteiger partial charge in [-0.1, -0.05) is 25.5 Å². The van der Waals surface area contributed by atoms with E-state index in [1.54, 1.807) is 0 Å². The number of nitrogens with zero attached hydrogens (tertiary/aromatic N) is 1. The molecule has 0 saturated carbocycles. The average Bonchev–Trinajstić information content (AvgIpc) is 2.67. The number of nitrogen functional groups attached to an aromatic ring is 1. The van der Waals surface area contributed by atoms with Gasteiger partial charge in [-0.25, -0.2) is 4.98 Å². The minimum absolute atomic E-state index is 0.765. The molecule has 2 aromatic rings. The number of anilines is 1. The van der Waals surface area contributed by atoms with Gasteiger partial charge in [0.2, 0.25) is 0 Å². The van der Waals surface area contributed by atoms with Crippen LogP contribution < -0.4 is 5.73 Å². The van der Waals surface area contributed by atoms with Gasteiger partial charge in [-0.15, -0.1) is 0 Å². The molecule has 2 rings (SSSR count). The zero-order chi connectivity index (χ0) is 10.7. The number of nitrogens with one attached hydrogen (secondary N) is 1. The van der Waals surface area contributed by atoms with Gasteiger partial charge in [-0.3, -0.25) is 0 Å². The second kappa shape index (κ2) is 4.17. The van der Waals surface area contributed by atoms with Crippen molar-refractivity contribution in [2.24, 2.45) is 0 Å². The number of aromatic amines is 1. The molecule has 0 amide bonds. The Morgan fingerprint density at radius 3 is 3.00 bits per heavy atom. The predicted octanol–water partition coefficient (Wildman–Crippen LogP) is 2.61. The van der Waals surface area contributed by atoms with Crippen LogP contribution in [0.25, 0.3) is 11.4 Å². The van der Waals surface area contributed by atoms with Crippen LogP contribution in [-0.4, -0.2) is 9.97 Å². The van der Waals surface area contributed by atoms with Crippen molar-refractivity contribution >= 4 is 5.69 Å². The smallest absolute Gasteiger partial charge is 0.137 e. The first-order valence-electron chi connectivity index (χ1n) is 5.19. The van der Waals surface area contributed by atoms with Crippen molar-refractivity contribution in [1.29, 1.82) is 0 Å². The normalized spacial score (nSPS) is 10.5. The number of aromatic nitrogens is 2. The predicted molar refractivity (Wildman–Crippen MR) is 62.4 cm³/mol. The molecule has 0 fully saturated rings. The highest BCUT2D eigenvalue weighted by Gasteiger charge is 2.02. The Morgan fingerprint density at radius 1 is 1.40 bits per heavy atom. The Balaban J connectivity index is 2.29. The van der Waals surface area contributed by atoms with E-state index >= 15 is 0 Å². The fraction of sp³-hybridized carbons (Fsp3) is 0.250. The minimum atomic E-state index is 0.765. The van der Waals surface area contributed by atoms with E-state index in [-0.39, 0.29) is 0 Å². The summed E-state index contributed by atoms with van der Waals surface area (Å²) in [5.41, 5.74) is 8.70. The quantitative estimate of drug-likeness (QED) is 0.750. The van der Waals surface area contributed by atoms with Crippen molar-refractivity contribution in [3.63, 3.8) is 0 Å². The molecule has 0 aliphatic heterocycles. The number of nitrogens with two attached hydrogens (primary N) is 1. The van der Waals surface area contributed by atoms with Crippen LogP contribution in [0.4, 0.5) is 5.69 Å². The topological polar surface area (TPSA) is 54.7 Å². The number of H-pyrrole nitrogens is 1. The first-order chi connectivity index (χ1) is 7.29. The van der Waals surface area contributed by atoms with E-state index in [9.17, 15) is 0 Å². The molecule has 0 aliphatic carbocycles. The molecule has 0 saturated heterocycles. The second-order valence-corrected chi connectivity index (χ2v) is 3.63. The molecule has 0 spiro atoms. The fourth-order valence-corrected chi connectivity index (χ4v) is 1.59. The van der Waals surface area contributed by atoms with E-state index in [0.717, 1.165) is 29.9 Å². The summed E-state index contributed by atoms with van der Waals surface area (Å²) in [7, 11) is 0. The standard InChI is InChI=1S/C12H15N3/c1-2-4-11-8-14-12(15-11)9-5-3-6-10(13)7-9/h3,5-8H,2,4,13H2,1H3,(H,14,15). The van der Waals surface area contributed by atoms with Crippen molar-refractivity contribution in [3.8, 4) is 11.4 Å². The third-order valence-electron chi connectivity index (χ3n) is 2.31. The molecule has 0 aliphatic rings. The van der Waals surface area contributed by atoms with Gasteiger partial charge in [0.1, 0.15) is 5.82 Å². The van der Waals surface area contributed by atoms with Crippen molar-refractivity contribution in [1.82, 2.24) is 9.97 Å². The molecular weight excluding hydrogens is 186 g/mol. The Hall–Kier alpha value is -1.77. The van der Waals surface area contributed by atoms with Crippen LogP contribution in [0.5, 0.6) is 0 Å². The molecule has 3 heteroatoms. The van der Waals surface area contributed by atoms with Gasteiger partial charge < -0.3 is 10.7 Å². The van der Waals surface area contributed by atoms with Crippen LogP contribution in [0, 0.1) is 0 Å². The maximum absolute atomic E-state index is 5.72. The molecule has 1 aromatic heterocycles. The second-order valence-electron chi connectivity index (χ2n) is 3.63. The molecule has 78 valence electrons. The highest BCUT2D eigenvalue weighted by atomic mass is 14.9. The maximum atomic E-state index is 5.72. The minimum Gasteiger partial charge on any atom is -0.399 e. The lowest BCUT2D eigenvalue weighted by molar-refractivity contribution is 0.893. The number of benzene rings is 1. The molecule has 0 unspecified atom stereocenters. The third kappa shape index (κ3) is 2.18. The maximum Gasteiger partial charge on any atom is 0.137 e. The van der Waals surface area contributed by atoms with E-state index in [4.69, 9.17) is 5.73 Å². The lowest BCUT2D eigenvalue weighted by Crippen LogP contribution is -1.87. The van der Waals surface area contributed by atoms with Crippen molar-refractivity contribution < 1.29 is 0 Å². The van der Waals surface area contributed by atoms with Crippen LogP contribution in [0.15, 0.2) is 30.5 Å². The summed E-state index contributed by atoms with van der Waals surface area (Å²) < 4.78 is 0. The molecule has 15 heavy (non-hydrogen) atoms. The van der Waals surface area contributed by atoms with Gasteiger partial charge in [0.25, 0.3) is 0 Å². The lowest BCUT2D eigenvalue weighted by Gasteiger charge is -1.98. The zero-order valence-electron chi connectivity index (χ0n) is 8.83. The first kappa shape index (κ1) is 9.77. The van der Waals surface area contributed by atoms with Gasteiger partial charge in [0.15, 0.2) is 0 Å². The van der Waals surface area contributed by atoms with Crippen molar-refractivity contribution in [3.05, 3.63) is 36.2 Å². The van der Waals surface area contributed by atoms with Crippen molar-refractivity contribution in [2.75, 3.05) is 5.73 Å². The first-order valence-corrected chi connectivity index (χ1v) is 5.19. The zero-order valence-corrected chi connectivity index (χ0v) is 8.83. The summed E-state index contributed by atoms with van der Waals surface area (Å²) in [6, 6.07) is 7.74. The summed E-state index contributed by atoms with van der Waals surface area (Å²) in [6.45, 7) is 2.15. The van der Waals surface area contributed by atoms with E-state index < -0.39 is 0 Å². The molecule has 1 aromatic carbocycles. The summed E-state index contributed by atoms with van der Waals surface area (Å²) >= 11 is 0. The monoisotopic (exact) mass is 201 g/mol. The van der Waals surface area contributed by atoms with E-state index in [2.05, 4.69) is 16.9 Å². The van der Waals surface area contributed by atoms with Crippen LogP contribution in [0.3, 0.4) is 0 Å². The Kier molecular flexibility index (Phi) is 2.72. The molecule has 1 heterocycles. The molecule has 0 bridgehead atoms. The van der Waals surface area contributed by atoms with Gasteiger partial charge >= 0.3 is 0 Å². The Morgan fingerprint density at radius 2 is 2.27 bits per heavy atom. The van der Waals surface area contributed by atoms with Gasteiger partial charge in [-0.05, 0) is 18.6 Å². The number of aryl methyl sites for hydroxylation is 1. The lowest BCUT2D eigenvalue weighted by atomic mass is 10.2. The van der Waals surface area contributed by atoms with Gasteiger partial charge in [-0.2, -0.15) is 0 Å². The fourth-order valence-electron chi connectivity index (χ4n) is 1.59. The third-order valence-corrected chi connectivity index (χ3v) is 2.31. The summed E-state index contributed by atoms with van der Waals surface area (Å²) in [6.07, 6.45) is 4.05. The van der Waals surface area contributed by atoms with E-state index in [0.29, 0.717) is 0 Å². The van der Waals surface area contributed by atoms with Gasteiger partial charge in [0.05, 0.1) is 0 Å². The molecule has 3 N–H and O–H groups in total.